The van der Waals surface area contributed by atoms with Gasteiger partial charge in [0.1, 0.15) is 12.1 Å². The summed E-state index contributed by atoms with van der Waals surface area (Å²) in [5.74, 6) is -1.28. The second kappa shape index (κ2) is 8.85. The maximum atomic E-state index is 12.8. The molecule has 0 aliphatic carbocycles. The molecule has 1 heterocycles. The number of carbonyl (C=O) groups is 3. The first kappa shape index (κ1) is 19.2. The highest BCUT2D eigenvalue weighted by Crippen LogP contribution is 2.27. The topological polar surface area (TPSA) is 72.9 Å². The van der Waals surface area contributed by atoms with E-state index in [9.17, 15) is 14.4 Å². The molecule has 2 atom stereocenters. The summed E-state index contributed by atoms with van der Waals surface area (Å²) < 4.78 is 10.1. The van der Waals surface area contributed by atoms with Crippen LogP contribution in [0.25, 0.3) is 0 Å². The Morgan fingerprint density at radius 2 is 1.48 bits per heavy atom. The number of hydrogen-bond donors (Lipinski definition) is 0. The van der Waals surface area contributed by atoms with Crippen LogP contribution in [0.5, 0.6) is 0 Å². The number of nitrogens with zero attached hydrogens (tertiary/aromatic N) is 1. The summed E-state index contributed by atoms with van der Waals surface area (Å²) >= 11 is 5.86. The van der Waals surface area contributed by atoms with E-state index in [2.05, 4.69) is 0 Å². The minimum Gasteiger partial charge on any atom is -0.464 e. The molecule has 0 spiro atoms. The van der Waals surface area contributed by atoms with Gasteiger partial charge < -0.3 is 14.4 Å². The van der Waals surface area contributed by atoms with Crippen LogP contribution in [-0.4, -0.2) is 48.0 Å². The van der Waals surface area contributed by atoms with E-state index < -0.39 is 24.0 Å². The molecule has 1 aromatic carbocycles. The van der Waals surface area contributed by atoms with E-state index in [0.29, 0.717) is 17.9 Å². The molecule has 1 aromatic rings. The maximum absolute atomic E-state index is 12.8. The van der Waals surface area contributed by atoms with Gasteiger partial charge in [0, 0.05) is 5.02 Å². The average molecular weight is 368 g/mol. The molecule has 1 amide bonds. The van der Waals surface area contributed by atoms with Crippen molar-refractivity contribution in [2.24, 2.45) is 0 Å². The number of likely N-dealkylation sites (tertiary alicyclic amines) is 1. The maximum Gasteiger partial charge on any atom is 0.328 e. The van der Waals surface area contributed by atoms with Crippen LogP contribution >= 0.6 is 11.6 Å². The Bertz CT molecular complexity index is 605. The Labute approximate surface area is 152 Å². The van der Waals surface area contributed by atoms with Gasteiger partial charge in [-0.05, 0) is 44.4 Å². The van der Waals surface area contributed by atoms with Gasteiger partial charge in [-0.3, -0.25) is 4.79 Å². The van der Waals surface area contributed by atoms with Crippen molar-refractivity contribution in [2.45, 2.75) is 45.2 Å². The van der Waals surface area contributed by atoms with Crippen LogP contribution in [0.3, 0.4) is 0 Å². The molecule has 25 heavy (non-hydrogen) atoms. The molecule has 0 aromatic heterocycles. The Kier molecular flexibility index (Phi) is 6.82. The first-order valence-corrected chi connectivity index (χ1v) is 8.74. The molecule has 1 fully saturated rings. The van der Waals surface area contributed by atoms with Gasteiger partial charge in [0.05, 0.1) is 19.6 Å². The number of esters is 2. The number of rotatable bonds is 6. The fraction of sp³-hybridized carbons (Fsp3) is 0.500. The zero-order valence-corrected chi connectivity index (χ0v) is 15.1. The lowest BCUT2D eigenvalue weighted by Gasteiger charge is -2.28. The summed E-state index contributed by atoms with van der Waals surface area (Å²) in [6.07, 6.45) is 0.840. The van der Waals surface area contributed by atoms with Crippen LogP contribution in [0.1, 0.15) is 32.3 Å². The number of carbonyl (C=O) groups excluding carboxylic acids is 3. The van der Waals surface area contributed by atoms with Gasteiger partial charge in [-0.25, -0.2) is 9.59 Å². The molecule has 0 N–H and O–H groups in total. The van der Waals surface area contributed by atoms with Gasteiger partial charge in [-0.15, -0.1) is 0 Å². The molecule has 0 radical (unpaired) electrons. The predicted molar refractivity (Wildman–Crippen MR) is 92.1 cm³/mol. The lowest BCUT2D eigenvalue weighted by molar-refractivity contribution is -0.159. The Morgan fingerprint density at radius 3 is 1.92 bits per heavy atom. The summed E-state index contributed by atoms with van der Waals surface area (Å²) in [5, 5.41) is 0.575. The van der Waals surface area contributed by atoms with E-state index in [4.69, 9.17) is 21.1 Å². The lowest BCUT2D eigenvalue weighted by Crippen LogP contribution is -2.49. The van der Waals surface area contributed by atoms with Crippen LogP contribution in [-0.2, 0) is 30.3 Å². The quantitative estimate of drug-likeness (QED) is 0.722. The van der Waals surface area contributed by atoms with Crippen LogP contribution < -0.4 is 0 Å². The summed E-state index contributed by atoms with van der Waals surface area (Å²) in [7, 11) is 0. The largest absolute Gasteiger partial charge is 0.464 e. The first-order valence-electron chi connectivity index (χ1n) is 8.36. The molecule has 0 bridgehead atoms. The highest BCUT2D eigenvalue weighted by molar-refractivity contribution is 6.30. The van der Waals surface area contributed by atoms with Crippen molar-refractivity contribution in [3.05, 3.63) is 34.9 Å². The summed E-state index contributed by atoms with van der Waals surface area (Å²) in [4.78, 5) is 38.5. The highest BCUT2D eigenvalue weighted by atomic mass is 35.5. The van der Waals surface area contributed by atoms with E-state index in [1.165, 1.54) is 4.90 Å². The zero-order chi connectivity index (χ0) is 18.4. The number of hydrogen-bond acceptors (Lipinski definition) is 5. The molecule has 1 aliphatic heterocycles. The van der Waals surface area contributed by atoms with Crippen LogP contribution in [0.15, 0.2) is 24.3 Å². The molecule has 1 aliphatic rings. The smallest absolute Gasteiger partial charge is 0.328 e. The van der Waals surface area contributed by atoms with Crippen molar-refractivity contribution in [1.82, 2.24) is 4.90 Å². The summed E-state index contributed by atoms with van der Waals surface area (Å²) in [6.45, 7) is 3.85. The van der Waals surface area contributed by atoms with Crippen LogP contribution in [0.4, 0.5) is 0 Å². The van der Waals surface area contributed by atoms with Gasteiger partial charge in [0.2, 0.25) is 5.91 Å². The normalized spacial score (nSPS) is 19.6. The fourth-order valence-electron chi connectivity index (χ4n) is 2.97. The number of benzene rings is 1. The van der Waals surface area contributed by atoms with Crippen molar-refractivity contribution in [3.63, 3.8) is 0 Å². The molecule has 136 valence electrons. The van der Waals surface area contributed by atoms with Crippen LogP contribution in [0.2, 0.25) is 5.02 Å². The molecule has 1 saturated heterocycles. The standard InChI is InChI=1S/C18H22ClNO5/c1-3-24-17(22)14-9-10-15(18(23)25-4-2)20(14)16(21)11-12-5-7-13(19)8-6-12/h5-8,14-15H,3-4,9-11H2,1-2H3/t14-,15-/m1/s1. The van der Waals surface area contributed by atoms with Crippen molar-refractivity contribution in [1.29, 1.82) is 0 Å². The second-order valence-corrected chi connectivity index (χ2v) is 6.15. The van der Waals surface area contributed by atoms with Crippen molar-refractivity contribution in [2.75, 3.05) is 13.2 Å². The number of ether oxygens (including phenoxy) is 2. The molecule has 7 heteroatoms. The van der Waals surface area contributed by atoms with Gasteiger partial charge in [-0.2, -0.15) is 0 Å². The van der Waals surface area contributed by atoms with E-state index >= 15 is 0 Å². The highest BCUT2D eigenvalue weighted by Gasteiger charge is 2.45. The molecule has 2 rings (SSSR count). The molecular weight excluding hydrogens is 346 g/mol. The lowest BCUT2D eigenvalue weighted by atomic mass is 10.1. The zero-order valence-electron chi connectivity index (χ0n) is 14.4. The summed E-state index contributed by atoms with van der Waals surface area (Å²) in [6, 6.07) is 5.37. The third-order valence-electron chi connectivity index (χ3n) is 4.06. The Balaban J connectivity index is 2.20. The SMILES string of the molecule is CCOC(=O)[C@H]1CC[C@H](C(=O)OCC)N1C(=O)Cc1ccc(Cl)cc1. The summed E-state index contributed by atoms with van der Waals surface area (Å²) in [5.41, 5.74) is 0.756. The van der Waals surface area contributed by atoms with Gasteiger partial charge in [-0.1, -0.05) is 23.7 Å². The molecule has 0 saturated carbocycles. The monoisotopic (exact) mass is 367 g/mol. The van der Waals surface area contributed by atoms with Gasteiger partial charge in [0.25, 0.3) is 0 Å². The van der Waals surface area contributed by atoms with Crippen molar-refractivity contribution < 1.29 is 23.9 Å². The third-order valence-corrected chi connectivity index (χ3v) is 4.31. The Morgan fingerprint density at radius 1 is 1.00 bits per heavy atom. The number of amides is 1. The van der Waals surface area contributed by atoms with Gasteiger partial charge >= 0.3 is 11.9 Å². The molecular formula is C18H22ClNO5. The van der Waals surface area contributed by atoms with Crippen molar-refractivity contribution in [3.8, 4) is 0 Å². The molecule has 0 unspecified atom stereocenters. The minimum absolute atomic E-state index is 0.0724. The van der Waals surface area contributed by atoms with E-state index in [-0.39, 0.29) is 25.5 Å². The van der Waals surface area contributed by atoms with Crippen LogP contribution in [0, 0.1) is 0 Å². The van der Waals surface area contributed by atoms with E-state index in [0.717, 1.165) is 5.56 Å². The van der Waals surface area contributed by atoms with E-state index in [1.54, 1.807) is 38.1 Å². The minimum atomic E-state index is -0.755. The van der Waals surface area contributed by atoms with Crippen molar-refractivity contribution >= 4 is 29.4 Å². The average Bonchev–Trinajstić information content (AvgIpc) is 3.02. The fourth-order valence-corrected chi connectivity index (χ4v) is 3.09. The first-order chi connectivity index (χ1) is 12.0. The predicted octanol–water partition coefficient (Wildman–Crippen LogP) is 2.37. The van der Waals surface area contributed by atoms with E-state index in [1.807, 2.05) is 0 Å². The number of halogens is 1. The third kappa shape index (κ3) is 4.72. The van der Waals surface area contributed by atoms with Gasteiger partial charge in [0.15, 0.2) is 0 Å². The Hall–Kier alpha value is -2.08. The second-order valence-electron chi connectivity index (χ2n) is 5.72. The molecule has 6 nitrogen and oxygen atoms in total.